The molecule has 0 radical (unpaired) electrons. The Morgan fingerprint density at radius 3 is 2.32 bits per heavy atom. The van der Waals surface area contributed by atoms with Crippen LogP contribution in [0.1, 0.15) is 30.9 Å². The molecule has 0 atom stereocenters. The Labute approximate surface area is 140 Å². The number of carbonyl (C=O) groups is 1. The normalized spacial score (nSPS) is 11.1. The van der Waals surface area contributed by atoms with Gasteiger partial charge >= 0.3 is 0 Å². The summed E-state index contributed by atoms with van der Waals surface area (Å²) in [5.74, 6) is 0.280. The van der Waals surface area contributed by atoms with Gasteiger partial charge in [0.2, 0.25) is 5.91 Å². The highest BCUT2D eigenvalue weighted by atomic mass is 35.5. The second kappa shape index (κ2) is 7.48. The number of benzene rings is 2. The molecule has 2 aromatic rings. The van der Waals surface area contributed by atoms with Gasteiger partial charge in [0, 0.05) is 11.8 Å². The summed E-state index contributed by atoms with van der Waals surface area (Å²) >= 11 is 11.7. The number of anilines is 1. The number of halogens is 2. The Bertz CT molecular complexity index is 691. The lowest BCUT2D eigenvalue weighted by atomic mass is 10.0. The average molecular weight is 334 g/mol. The summed E-state index contributed by atoms with van der Waals surface area (Å²) in [4.78, 5) is 11.9. The van der Waals surface area contributed by atoms with Gasteiger partial charge in [-0.2, -0.15) is 0 Å². The zero-order valence-electron chi connectivity index (χ0n) is 12.4. The Kier molecular flexibility index (Phi) is 5.64. The van der Waals surface area contributed by atoms with Gasteiger partial charge in [-0.3, -0.25) is 4.79 Å². The lowest BCUT2D eigenvalue weighted by molar-refractivity contribution is -0.111. The second-order valence-corrected chi connectivity index (χ2v) is 6.09. The fourth-order valence-electron chi connectivity index (χ4n) is 1.92. The number of rotatable bonds is 4. The summed E-state index contributed by atoms with van der Waals surface area (Å²) in [6, 6.07) is 13.1. The Balaban J connectivity index is 2.00. The first kappa shape index (κ1) is 16.6. The summed E-state index contributed by atoms with van der Waals surface area (Å²) < 4.78 is 0. The van der Waals surface area contributed by atoms with Crippen molar-refractivity contribution in [2.24, 2.45) is 0 Å². The van der Waals surface area contributed by atoms with E-state index in [9.17, 15) is 4.79 Å². The van der Waals surface area contributed by atoms with Crippen molar-refractivity contribution >= 4 is 40.9 Å². The van der Waals surface area contributed by atoms with Crippen LogP contribution in [-0.4, -0.2) is 5.91 Å². The minimum atomic E-state index is -0.216. The number of nitrogens with one attached hydrogen (secondary N) is 1. The highest BCUT2D eigenvalue weighted by Crippen LogP contribution is 2.25. The minimum Gasteiger partial charge on any atom is -0.322 e. The van der Waals surface area contributed by atoms with Crippen LogP contribution in [0.4, 0.5) is 5.69 Å². The van der Waals surface area contributed by atoms with Crippen molar-refractivity contribution in [3.63, 3.8) is 0 Å². The van der Waals surface area contributed by atoms with E-state index in [2.05, 4.69) is 31.3 Å². The van der Waals surface area contributed by atoms with E-state index in [-0.39, 0.29) is 5.91 Å². The summed E-state index contributed by atoms with van der Waals surface area (Å²) in [6.07, 6.45) is 3.27. The molecule has 0 aliphatic rings. The second-order valence-electron chi connectivity index (χ2n) is 5.27. The van der Waals surface area contributed by atoms with Crippen molar-refractivity contribution in [3.05, 3.63) is 69.7 Å². The molecule has 1 amide bonds. The maximum Gasteiger partial charge on any atom is 0.248 e. The van der Waals surface area contributed by atoms with Crippen LogP contribution < -0.4 is 5.32 Å². The maximum atomic E-state index is 11.9. The molecule has 0 aliphatic carbocycles. The first-order valence-corrected chi connectivity index (χ1v) is 7.75. The number of hydrogen-bond donors (Lipinski definition) is 1. The maximum absolute atomic E-state index is 11.9. The van der Waals surface area contributed by atoms with Gasteiger partial charge in [-0.1, -0.05) is 61.3 Å². The molecule has 0 bridgehead atoms. The first-order chi connectivity index (χ1) is 10.5. The van der Waals surface area contributed by atoms with Crippen LogP contribution in [0.5, 0.6) is 0 Å². The van der Waals surface area contributed by atoms with E-state index >= 15 is 0 Å². The highest BCUT2D eigenvalue weighted by molar-refractivity contribution is 6.42. The monoisotopic (exact) mass is 333 g/mol. The highest BCUT2D eigenvalue weighted by Gasteiger charge is 2.02. The van der Waals surface area contributed by atoms with Crippen molar-refractivity contribution in [1.82, 2.24) is 0 Å². The van der Waals surface area contributed by atoms with E-state index in [1.807, 2.05) is 12.1 Å². The smallest absolute Gasteiger partial charge is 0.248 e. The Morgan fingerprint density at radius 1 is 1.05 bits per heavy atom. The van der Waals surface area contributed by atoms with Crippen LogP contribution in [0.15, 0.2) is 48.5 Å². The van der Waals surface area contributed by atoms with Gasteiger partial charge < -0.3 is 5.32 Å². The topological polar surface area (TPSA) is 29.1 Å². The van der Waals surface area contributed by atoms with E-state index in [0.717, 1.165) is 5.56 Å². The molecule has 4 heteroatoms. The van der Waals surface area contributed by atoms with Crippen LogP contribution >= 0.6 is 23.2 Å². The van der Waals surface area contributed by atoms with Crippen molar-refractivity contribution in [1.29, 1.82) is 0 Å². The number of carbonyl (C=O) groups excluding carboxylic acids is 1. The van der Waals surface area contributed by atoms with Gasteiger partial charge in [-0.05, 0) is 41.3 Å². The minimum absolute atomic E-state index is 0.216. The molecule has 0 spiro atoms. The standard InChI is InChI=1S/C18H17Cl2NO/c1-12(2)14-6-3-13(4-7-14)5-10-18(22)21-15-8-9-16(19)17(20)11-15/h3-12H,1-2H3,(H,21,22)/b10-5+. The zero-order valence-corrected chi connectivity index (χ0v) is 13.9. The predicted molar refractivity (Wildman–Crippen MR) is 94.7 cm³/mol. The molecule has 0 saturated carbocycles. The van der Waals surface area contributed by atoms with E-state index in [1.165, 1.54) is 11.6 Å². The van der Waals surface area contributed by atoms with Gasteiger partial charge in [0.05, 0.1) is 10.0 Å². The molecular formula is C18H17Cl2NO. The van der Waals surface area contributed by atoms with E-state index < -0.39 is 0 Å². The lowest BCUT2D eigenvalue weighted by Gasteiger charge is -2.05. The zero-order chi connectivity index (χ0) is 16.1. The molecule has 114 valence electrons. The van der Waals surface area contributed by atoms with Gasteiger partial charge in [-0.25, -0.2) is 0 Å². The molecule has 2 rings (SSSR count). The molecule has 0 aromatic heterocycles. The predicted octanol–water partition coefficient (Wildman–Crippen LogP) is 5.77. The summed E-state index contributed by atoms with van der Waals surface area (Å²) in [6.45, 7) is 4.30. The molecule has 0 saturated heterocycles. The van der Waals surface area contributed by atoms with Crippen molar-refractivity contribution < 1.29 is 4.79 Å². The molecule has 2 aromatic carbocycles. The molecule has 2 nitrogen and oxygen atoms in total. The molecule has 0 aliphatic heterocycles. The van der Waals surface area contributed by atoms with Gasteiger partial charge in [-0.15, -0.1) is 0 Å². The van der Waals surface area contributed by atoms with Crippen LogP contribution in [0, 0.1) is 0 Å². The van der Waals surface area contributed by atoms with Crippen molar-refractivity contribution in [3.8, 4) is 0 Å². The van der Waals surface area contributed by atoms with E-state index in [4.69, 9.17) is 23.2 Å². The third-order valence-corrected chi connectivity index (χ3v) is 3.96. The SMILES string of the molecule is CC(C)c1ccc(/C=C/C(=O)Nc2ccc(Cl)c(Cl)c2)cc1. The Hall–Kier alpha value is -1.77. The van der Waals surface area contributed by atoms with Crippen LogP contribution in [0.3, 0.4) is 0 Å². The van der Waals surface area contributed by atoms with Crippen LogP contribution in [-0.2, 0) is 4.79 Å². The van der Waals surface area contributed by atoms with Gasteiger partial charge in [0.25, 0.3) is 0 Å². The van der Waals surface area contributed by atoms with E-state index in [1.54, 1.807) is 24.3 Å². The van der Waals surface area contributed by atoms with Gasteiger partial charge in [0.15, 0.2) is 0 Å². The average Bonchev–Trinajstić information content (AvgIpc) is 2.49. The van der Waals surface area contributed by atoms with Crippen LogP contribution in [0.25, 0.3) is 6.08 Å². The fraction of sp³-hybridized carbons (Fsp3) is 0.167. The van der Waals surface area contributed by atoms with Gasteiger partial charge in [0.1, 0.15) is 0 Å². The molecule has 0 unspecified atom stereocenters. The van der Waals surface area contributed by atoms with Crippen LogP contribution in [0.2, 0.25) is 10.0 Å². The number of hydrogen-bond acceptors (Lipinski definition) is 1. The quantitative estimate of drug-likeness (QED) is 0.707. The molecule has 22 heavy (non-hydrogen) atoms. The molecule has 0 fully saturated rings. The summed E-state index contributed by atoms with van der Waals surface area (Å²) in [5.41, 5.74) is 2.87. The Morgan fingerprint density at radius 2 is 1.73 bits per heavy atom. The fourth-order valence-corrected chi connectivity index (χ4v) is 2.22. The van der Waals surface area contributed by atoms with Crippen molar-refractivity contribution in [2.45, 2.75) is 19.8 Å². The van der Waals surface area contributed by atoms with Crippen molar-refractivity contribution in [2.75, 3.05) is 5.32 Å². The molecule has 1 N–H and O–H groups in total. The van der Waals surface area contributed by atoms with E-state index in [0.29, 0.717) is 21.7 Å². The molecule has 0 heterocycles. The lowest BCUT2D eigenvalue weighted by Crippen LogP contribution is -2.07. The first-order valence-electron chi connectivity index (χ1n) is 7.00. The molecular weight excluding hydrogens is 317 g/mol. The largest absolute Gasteiger partial charge is 0.322 e. The number of amides is 1. The summed E-state index contributed by atoms with van der Waals surface area (Å²) in [7, 11) is 0. The third kappa shape index (κ3) is 4.62. The summed E-state index contributed by atoms with van der Waals surface area (Å²) in [5, 5.41) is 3.61. The third-order valence-electron chi connectivity index (χ3n) is 3.22.